The number of rotatable bonds is 5. The molecule has 6 heteroatoms. The molecule has 1 aliphatic rings. The van der Waals surface area contributed by atoms with E-state index in [0.29, 0.717) is 12.4 Å². The fourth-order valence-electron chi connectivity index (χ4n) is 2.72. The molecule has 3 aromatic rings. The molecule has 0 amide bonds. The summed E-state index contributed by atoms with van der Waals surface area (Å²) >= 11 is 3.37. The van der Waals surface area contributed by atoms with Gasteiger partial charge in [-0.3, -0.25) is 0 Å². The van der Waals surface area contributed by atoms with Gasteiger partial charge in [-0.15, -0.1) is 0 Å². The molecule has 0 unspecified atom stereocenters. The van der Waals surface area contributed by atoms with Crippen LogP contribution in [0.25, 0.3) is 6.08 Å². The summed E-state index contributed by atoms with van der Waals surface area (Å²) in [5.41, 5.74) is 2.56. The lowest BCUT2D eigenvalue weighted by Crippen LogP contribution is -2.05. The van der Waals surface area contributed by atoms with Crippen LogP contribution in [0.5, 0.6) is 5.75 Å². The van der Waals surface area contributed by atoms with Crippen LogP contribution in [0.3, 0.4) is 0 Å². The number of cyclic esters (lactones) is 1. The minimum absolute atomic E-state index is 0.221. The summed E-state index contributed by atoms with van der Waals surface area (Å²) in [4.78, 5) is 16.5. The second-order valence-corrected chi connectivity index (χ2v) is 7.25. The molecule has 0 radical (unpaired) electrons. The first-order valence-corrected chi connectivity index (χ1v) is 9.62. The van der Waals surface area contributed by atoms with E-state index in [1.54, 1.807) is 24.3 Å². The summed E-state index contributed by atoms with van der Waals surface area (Å²) < 4.78 is 25.0. The lowest BCUT2D eigenvalue weighted by molar-refractivity contribution is -0.129. The van der Waals surface area contributed by atoms with E-state index in [4.69, 9.17) is 9.47 Å². The van der Waals surface area contributed by atoms with Crippen molar-refractivity contribution in [1.82, 2.24) is 0 Å². The highest BCUT2D eigenvalue weighted by Crippen LogP contribution is 2.22. The van der Waals surface area contributed by atoms with E-state index in [0.717, 1.165) is 21.2 Å². The first-order valence-electron chi connectivity index (χ1n) is 8.83. The van der Waals surface area contributed by atoms with Crippen molar-refractivity contribution >= 4 is 33.9 Å². The van der Waals surface area contributed by atoms with Crippen molar-refractivity contribution in [3.05, 3.63) is 105 Å². The van der Waals surface area contributed by atoms with E-state index in [1.165, 1.54) is 12.1 Å². The predicted molar refractivity (Wildman–Crippen MR) is 112 cm³/mol. The Morgan fingerprint density at radius 2 is 1.79 bits per heavy atom. The van der Waals surface area contributed by atoms with Crippen molar-refractivity contribution in [3.63, 3.8) is 0 Å². The zero-order chi connectivity index (χ0) is 20.2. The van der Waals surface area contributed by atoms with Gasteiger partial charge in [0.1, 0.15) is 18.2 Å². The molecule has 144 valence electrons. The minimum Gasteiger partial charge on any atom is -0.489 e. The number of hydrogen-bond acceptors (Lipinski definition) is 4. The molecule has 4 rings (SSSR count). The molecule has 0 bridgehead atoms. The molecule has 0 fully saturated rings. The highest BCUT2D eigenvalue weighted by Gasteiger charge is 2.24. The molecular weight excluding hydrogens is 437 g/mol. The molecule has 0 saturated heterocycles. The normalized spacial score (nSPS) is 14.6. The number of aliphatic imine (C=N–C) groups is 1. The lowest BCUT2D eigenvalue weighted by atomic mass is 10.2. The number of halogens is 2. The van der Waals surface area contributed by atoms with E-state index in [2.05, 4.69) is 20.9 Å². The molecule has 0 saturated carbocycles. The third kappa shape index (κ3) is 4.78. The van der Waals surface area contributed by atoms with Gasteiger partial charge in [0.2, 0.25) is 5.90 Å². The Labute approximate surface area is 175 Å². The molecule has 1 heterocycles. The quantitative estimate of drug-likeness (QED) is 0.379. The Bertz CT molecular complexity index is 1110. The summed E-state index contributed by atoms with van der Waals surface area (Å²) in [6.07, 6.45) is 1.65. The third-order valence-corrected chi connectivity index (χ3v) is 4.72. The van der Waals surface area contributed by atoms with Crippen molar-refractivity contribution in [2.24, 2.45) is 4.99 Å². The van der Waals surface area contributed by atoms with Crippen LogP contribution in [-0.2, 0) is 16.1 Å². The molecule has 29 heavy (non-hydrogen) atoms. The number of nitrogens with zero attached hydrogens (tertiary/aromatic N) is 1. The molecular formula is C23H15BrFNO3. The standard InChI is InChI=1S/C23H15BrFNO3/c24-18-8-6-17(7-9-18)22-26-21(23(27)29-22)13-16-2-1-3-20(12-16)28-14-15-4-10-19(25)11-5-15/h1-13H,14H2. The van der Waals surface area contributed by atoms with Gasteiger partial charge >= 0.3 is 5.97 Å². The van der Waals surface area contributed by atoms with Crippen molar-refractivity contribution in [1.29, 1.82) is 0 Å². The minimum atomic E-state index is -0.499. The van der Waals surface area contributed by atoms with Crippen LogP contribution in [0, 0.1) is 5.82 Å². The van der Waals surface area contributed by atoms with Crippen LogP contribution in [0.4, 0.5) is 4.39 Å². The lowest BCUT2D eigenvalue weighted by Gasteiger charge is -2.07. The smallest absolute Gasteiger partial charge is 0.363 e. The van der Waals surface area contributed by atoms with Crippen molar-refractivity contribution in [2.45, 2.75) is 6.61 Å². The SMILES string of the molecule is O=C1OC(c2ccc(Br)cc2)=NC1=Cc1cccc(OCc2ccc(F)cc2)c1. The average Bonchev–Trinajstić information content (AvgIpc) is 3.09. The van der Waals surface area contributed by atoms with Gasteiger partial charge in [0.15, 0.2) is 5.70 Å². The van der Waals surface area contributed by atoms with Crippen molar-refractivity contribution in [2.75, 3.05) is 0 Å². The van der Waals surface area contributed by atoms with Crippen LogP contribution in [-0.4, -0.2) is 11.9 Å². The van der Waals surface area contributed by atoms with Crippen LogP contribution < -0.4 is 4.74 Å². The first kappa shape index (κ1) is 19.1. The van der Waals surface area contributed by atoms with Crippen LogP contribution in [0.1, 0.15) is 16.7 Å². The maximum Gasteiger partial charge on any atom is 0.363 e. The van der Waals surface area contributed by atoms with E-state index >= 15 is 0 Å². The van der Waals surface area contributed by atoms with E-state index in [-0.39, 0.29) is 17.4 Å². The highest BCUT2D eigenvalue weighted by molar-refractivity contribution is 9.10. The van der Waals surface area contributed by atoms with E-state index in [9.17, 15) is 9.18 Å². The highest BCUT2D eigenvalue weighted by atomic mass is 79.9. The van der Waals surface area contributed by atoms with Gasteiger partial charge in [0, 0.05) is 10.0 Å². The molecule has 4 nitrogen and oxygen atoms in total. The molecule has 0 atom stereocenters. The summed E-state index contributed by atoms with van der Waals surface area (Å²) in [6.45, 7) is 0.314. The Morgan fingerprint density at radius 3 is 2.55 bits per heavy atom. The first-order chi connectivity index (χ1) is 14.1. The fourth-order valence-corrected chi connectivity index (χ4v) is 2.99. The number of esters is 1. The zero-order valence-electron chi connectivity index (χ0n) is 15.1. The van der Waals surface area contributed by atoms with Gasteiger partial charge < -0.3 is 9.47 Å². The van der Waals surface area contributed by atoms with Crippen molar-refractivity contribution in [3.8, 4) is 5.75 Å². The maximum absolute atomic E-state index is 13.0. The molecule has 3 aromatic carbocycles. The van der Waals surface area contributed by atoms with Crippen LogP contribution in [0.15, 0.2) is 88.0 Å². The molecule has 0 spiro atoms. The second kappa shape index (κ2) is 8.41. The van der Waals surface area contributed by atoms with Gasteiger partial charge in [-0.2, -0.15) is 0 Å². The topological polar surface area (TPSA) is 47.9 Å². The summed E-state index contributed by atoms with van der Waals surface area (Å²) in [5.74, 6) is 0.124. The van der Waals surface area contributed by atoms with Crippen LogP contribution in [0.2, 0.25) is 0 Å². The second-order valence-electron chi connectivity index (χ2n) is 6.33. The van der Waals surface area contributed by atoms with Gasteiger partial charge in [0.25, 0.3) is 0 Å². The fraction of sp³-hybridized carbons (Fsp3) is 0.0435. The molecule has 0 aromatic heterocycles. The monoisotopic (exact) mass is 451 g/mol. The Hall–Kier alpha value is -3.25. The van der Waals surface area contributed by atoms with Crippen molar-refractivity contribution < 1.29 is 18.7 Å². The Balaban J connectivity index is 1.50. The number of ether oxygens (including phenoxy) is 2. The van der Waals surface area contributed by atoms with Gasteiger partial charge in [0.05, 0.1) is 0 Å². The number of benzene rings is 3. The van der Waals surface area contributed by atoms with E-state index in [1.807, 2.05) is 42.5 Å². The summed E-state index contributed by atoms with van der Waals surface area (Å²) in [6, 6.07) is 20.8. The summed E-state index contributed by atoms with van der Waals surface area (Å²) in [5, 5.41) is 0. The Kier molecular flexibility index (Phi) is 5.53. The predicted octanol–water partition coefficient (Wildman–Crippen LogP) is 5.51. The average molecular weight is 452 g/mol. The molecule has 0 aliphatic carbocycles. The third-order valence-electron chi connectivity index (χ3n) is 4.19. The molecule has 1 aliphatic heterocycles. The number of hydrogen-bond donors (Lipinski definition) is 0. The number of carbonyl (C=O) groups is 1. The maximum atomic E-state index is 13.0. The van der Waals surface area contributed by atoms with Gasteiger partial charge in [-0.1, -0.05) is 40.2 Å². The number of carbonyl (C=O) groups excluding carboxylic acids is 1. The largest absolute Gasteiger partial charge is 0.489 e. The van der Waals surface area contributed by atoms with Gasteiger partial charge in [-0.05, 0) is 65.7 Å². The van der Waals surface area contributed by atoms with Gasteiger partial charge in [-0.25, -0.2) is 14.2 Å². The summed E-state index contributed by atoms with van der Waals surface area (Å²) in [7, 11) is 0. The van der Waals surface area contributed by atoms with E-state index < -0.39 is 5.97 Å². The molecule has 0 N–H and O–H groups in total. The van der Waals surface area contributed by atoms with Crippen LogP contribution >= 0.6 is 15.9 Å². The Morgan fingerprint density at radius 1 is 1.03 bits per heavy atom. The zero-order valence-corrected chi connectivity index (χ0v) is 16.7.